The van der Waals surface area contributed by atoms with Crippen molar-refractivity contribution in [1.82, 2.24) is 4.58 Å². The SMILES string of the molecule is C1=CC2=C3CC4=C(C=C3N(c3cccc5c3sc3ccccc35)C2C=C1)C1=CC=CC2=[N+](c3ccccc3)c3ccccc3N4C12. The molecule has 46 heavy (non-hydrogen) atoms. The average molecular weight is 607 g/mol. The molecule has 1 aromatic heterocycles. The zero-order valence-electron chi connectivity index (χ0n) is 25.0. The fourth-order valence-corrected chi connectivity index (χ4v) is 9.79. The van der Waals surface area contributed by atoms with Gasteiger partial charge in [-0.3, -0.25) is 0 Å². The van der Waals surface area contributed by atoms with Gasteiger partial charge in [-0.05, 0) is 41.0 Å². The summed E-state index contributed by atoms with van der Waals surface area (Å²) in [5.41, 5.74) is 14.7. The Bertz CT molecular complexity index is 2460. The minimum Gasteiger partial charge on any atom is -0.329 e. The Labute approximate surface area is 271 Å². The van der Waals surface area contributed by atoms with Crippen molar-refractivity contribution in [1.29, 1.82) is 0 Å². The smallest absolute Gasteiger partial charge is 0.235 e. The molecule has 0 saturated carbocycles. The van der Waals surface area contributed by atoms with E-state index in [4.69, 9.17) is 0 Å². The zero-order chi connectivity index (χ0) is 29.9. The summed E-state index contributed by atoms with van der Waals surface area (Å²) in [6.07, 6.45) is 19.5. The molecule has 6 aliphatic rings. The second kappa shape index (κ2) is 9.06. The van der Waals surface area contributed by atoms with Gasteiger partial charge >= 0.3 is 0 Å². The van der Waals surface area contributed by atoms with Crippen molar-refractivity contribution in [2.45, 2.75) is 18.5 Å². The first-order chi connectivity index (χ1) is 22.8. The molecule has 216 valence electrons. The number of para-hydroxylation sites is 3. The van der Waals surface area contributed by atoms with E-state index in [1.54, 1.807) is 0 Å². The molecule has 0 bridgehead atoms. The fourth-order valence-electron chi connectivity index (χ4n) is 8.58. The van der Waals surface area contributed by atoms with Crippen LogP contribution in [-0.4, -0.2) is 17.8 Å². The van der Waals surface area contributed by atoms with Crippen molar-refractivity contribution in [3.8, 4) is 0 Å². The zero-order valence-corrected chi connectivity index (χ0v) is 25.8. The third kappa shape index (κ3) is 3.14. The summed E-state index contributed by atoms with van der Waals surface area (Å²) in [4.78, 5) is 5.26. The van der Waals surface area contributed by atoms with Gasteiger partial charge < -0.3 is 9.80 Å². The Morgan fingerprint density at radius 1 is 0.717 bits per heavy atom. The Kier molecular flexibility index (Phi) is 4.89. The molecule has 4 aromatic carbocycles. The number of allylic oxidation sites excluding steroid dienone is 7. The Balaban J connectivity index is 1.14. The first-order valence-electron chi connectivity index (χ1n) is 16.1. The first-order valence-corrected chi connectivity index (χ1v) is 16.9. The Morgan fingerprint density at radius 3 is 2.50 bits per heavy atom. The normalized spacial score (nSPS) is 21.9. The second-order valence-corrected chi connectivity index (χ2v) is 13.7. The average Bonchev–Trinajstić information content (AvgIpc) is 3.76. The molecular formula is C42H28N3S+. The Hall–Kier alpha value is -5.45. The first kappa shape index (κ1) is 24.8. The summed E-state index contributed by atoms with van der Waals surface area (Å²) in [6.45, 7) is 0. The van der Waals surface area contributed by atoms with E-state index in [-0.39, 0.29) is 12.1 Å². The van der Waals surface area contributed by atoms with E-state index in [0.29, 0.717) is 0 Å². The lowest BCUT2D eigenvalue weighted by Crippen LogP contribution is -2.45. The molecular weight excluding hydrogens is 579 g/mol. The third-order valence-corrected chi connectivity index (χ3v) is 11.6. The highest BCUT2D eigenvalue weighted by Gasteiger charge is 2.51. The molecule has 3 aliphatic heterocycles. The molecule has 0 spiro atoms. The lowest BCUT2D eigenvalue weighted by molar-refractivity contribution is 0.851. The van der Waals surface area contributed by atoms with Crippen LogP contribution in [0.15, 0.2) is 179 Å². The maximum Gasteiger partial charge on any atom is 0.235 e. The van der Waals surface area contributed by atoms with Crippen LogP contribution in [0.3, 0.4) is 0 Å². The molecule has 4 heteroatoms. The number of anilines is 2. The molecule has 2 unspecified atom stereocenters. The minimum absolute atomic E-state index is 0.142. The van der Waals surface area contributed by atoms with Gasteiger partial charge in [-0.25, -0.2) is 0 Å². The van der Waals surface area contributed by atoms with E-state index >= 15 is 0 Å². The van der Waals surface area contributed by atoms with Gasteiger partial charge in [-0.15, -0.1) is 11.3 Å². The number of thiophene rings is 1. The standard InChI is InChI=1S/C42H28N3S/c1-2-12-26(13-3-1)43-34-19-7-8-20-35(34)45-39-24-31-27-14-4-6-18-33(27)44(38(31)25-32(39)29-16-10-21-36(43)41(29)45)37-22-11-17-30-28-15-5-9-23-40(28)46-42(30)37/h1-23,25,33,41H,24H2/q+1. The number of hydrogen-bond acceptors (Lipinski definition) is 3. The number of benzene rings is 4. The van der Waals surface area contributed by atoms with E-state index < -0.39 is 0 Å². The van der Waals surface area contributed by atoms with Crippen molar-refractivity contribution in [3.63, 3.8) is 0 Å². The maximum absolute atomic E-state index is 2.64. The molecule has 3 nitrogen and oxygen atoms in total. The highest BCUT2D eigenvalue weighted by atomic mass is 32.1. The summed E-state index contributed by atoms with van der Waals surface area (Å²) in [6, 6.07) is 35.8. The summed E-state index contributed by atoms with van der Waals surface area (Å²) < 4.78 is 5.17. The van der Waals surface area contributed by atoms with Gasteiger partial charge in [0.2, 0.25) is 17.1 Å². The maximum atomic E-state index is 2.64. The van der Waals surface area contributed by atoms with Crippen molar-refractivity contribution < 1.29 is 0 Å². The molecule has 0 fully saturated rings. The number of rotatable bonds is 2. The monoisotopic (exact) mass is 606 g/mol. The topological polar surface area (TPSA) is 9.49 Å². The molecule has 0 saturated heterocycles. The van der Waals surface area contributed by atoms with Crippen LogP contribution in [0.4, 0.5) is 22.7 Å². The number of fused-ring (bicyclic) bond motifs is 9. The summed E-state index contributed by atoms with van der Waals surface area (Å²) >= 11 is 1.92. The van der Waals surface area contributed by atoms with Gasteiger partial charge in [0, 0.05) is 63.1 Å². The van der Waals surface area contributed by atoms with Crippen LogP contribution >= 0.6 is 11.3 Å². The molecule has 11 rings (SSSR count). The quantitative estimate of drug-likeness (QED) is 0.185. The van der Waals surface area contributed by atoms with Gasteiger partial charge in [0.1, 0.15) is 11.7 Å². The lowest BCUT2D eigenvalue weighted by Gasteiger charge is -2.35. The highest BCUT2D eigenvalue weighted by Crippen LogP contribution is 2.55. The Morgan fingerprint density at radius 2 is 1.54 bits per heavy atom. The molecule has 0 radical (unpaired) electrons. The van der Waals surface area contributed by atoms with Gasteiger partial charge in [0.05, 0.1) is 16.4 Å². The predicted octanol–water partition coefficient (Wildman–Crippen LogP) is 9.88. The second-order valence-electron chi connectivity index (χ2n) is 12.6. The van der Waals surface area contributed by atoms with Crippen LogP contribution in [0, 0.1) is 0 Å². The van der Waals surface area contributed by atoms with Crippen molar-refractivity contribution in [2.75, 3.05) is 9.80 Å². The van der Waals surface area contributed by atoms with Gasteiger partial charge in [-0.2, -0.15) is 4.58 Å². The van der Waals surface area contributed by atoms with Crippen LogP contribution in [-0.2, 0) is 0 Å². The fraction of sp³-hybridized carbons (Fsp3) is 0.0714. The van der Waals surface area contributed by atoms with Crippen LogP contribution in [0.2, 0.25) is 0 Å². The van der Waals surface area contributed by atoms with Crippen LogP contribution in [0.1, 0.15) is 6.42 Å². The summed E-state index contributed by atoms with van der Waals surface area (Å²) in [7, 11) is 0. The molecule has 5 aromatic rings. The van der Waals surface area contributed by atoms with Crippen molar-refractivity contribution in [3.05, 3.63) is 179 Å². The van der Waals surface area contributed by atoms with Crippen LogP contribution in [0.5, 0.6) is 0 Å². The summed E-state index contributed by atoms with van der Waals surface area (Å²) in [5.74, 6) is 0. The van der Waals surface area contributed by atoms with Crippen molar-refractivity contribution in [2.24, 2.45) is 0 Å². The molecule has 3 aliphatic carbocycles. The van der Waals surface area contributed by atoms with Gasteiger partial charge in [-0.1, -0.05) is 97.1 Å². The number of hydrogen-bond donors (Lipinski definition) is 0. The lowest BCUT2D eigenvalue weighted by atomic mass is 9.88. The largest absolute Gasteiger partial charge is 0.329 e. The van der Waals surface area contributed by atoms with E-state index in [1.165, 1.54) is 82.3 Å². The van der Waals surface area contributed by atoms with E-state index in [9.17, 15) is 0 Å². The molecule has 2 atom stereocenters. The molecule has 0 N–H and O–H groups in total. The van der Waals surface area contributed by atoms with Crippen LogP contribution in [0.25, 0.3) is 20.2 Å². The van der Waals surface area contributed by atoms with E-state index in [1.807, 2.05) is 11.3 Å². The third-order valence-electron chi connectivity index (χ3n) is 10.4. The van der Waals surface area contributed by atoms with E-state index in [0.717, 1.165) is 6.42 Å². The van der Waals surface area contributed by atoms with Crippen molar-refractivity contribution >= 4 is 60.0 Å². The molecule has 0 amide bonds. The summed E-state index contributed by atoms with van der Waals surface area (Å²) in [5, 5.41) is 2.69. The number of nitrogens with zero attached hydrogens (tertiary/aromatic N) is 3. The predicted molar refractivity (Wildman–Crippen MR) is 193 cm³/mol. The van der Waals surface area contributed by atoms with Gasteiger partial charge in [0.25, 0.3) is 0 Å². The van der Waals surface area contributed by atoms with Crippen LogP contribution < -0.4 is 14.4 Å². The van der Waals surface area contributed by atoms with Gasteiger partial charge in [0.15, 0.2) is 0 Å². The highest BCUT2D eigenvalue weighted by molar-refractivity contribution is 7.26. The minimum atomic E-state index is 0.142. The van der Waals surface area contributed by atoms with E-state index in [2.05, 4.69) is 160 Å². The molecule has 4 heterocycles.